The van der Waals surface area contributed by atoms with Crippen LogP contribution in [0.5, 0.6) is 0 Å². The number of amides is 1. The molecule has 1 N–H and O–H groups in total. The molecule has 0 radical (unpaired) electrons. The molecule has 3 rings (SSSR count). The Morgan fingerprint density at radius 3 is 2.92 bits per heavy atom. The van der Waals surface area contributed by atoms with Crippen molar-refractivity contribution in [3.8, 4) is 0 Å². The number of aromatic nitrogens is 1. The van der Waals surface area contributed by atoms with Crippen molar-refractivity contribution in [1.82, 2.24) is 9.88 Å². The summed E-state index contributed by atoms with van der Waals surface area (Å²) in [6, 6.07) is 6.76. The van der Waals surface area contributed by atoms with Gasteiger partial charge in [0.1, 0.15) is 0 Å². The third-order valence-corrected chi connectivity index (χ3v) is 5.05. The molecule has 0 spiro atoms. The highest BCUT2D eigenvalue weighted by atomic mass is 32.1. The summed E-state index contributed by atoms with van der Waals surface area (Å²) in [6.07, 6.45) is 2.81. The molecule has 1 fully saturated rings. The van der Waals surface area contributed by atoms with E-state index in [1.54, 1.807) is 35.6 Å². The molecule has 0 bridgehead atoms. The molecular formula is C18H22N4O3S. The molecule has 0 atom stereocenters. The fraction of sp³-hybridized carbons (Fsp3) is 0.389. The Morgan fingerprint density at radius 1 is 1.27 bits per heavy atom. The summed E-state index contributed by atoms with van der Waals surface area (Å²) in [5.74, 6) is -0.509. The first-order valence-corrected chi connectivity index (χ1v) is 9.38. The molecule has 7 nitrogen and oxygen atoms in total. The van der Waals surface area contributed by atoms with E-state index in [0.29, 0.717) is 17.8 Å². The zero-order chi connectivity index (χ0) is 18.4. The average molecular weight is 374 g/mol. The van der Waals surface area contributed by atoms with E-state index in [1.165, 1.54) is 7.11 Å². The number of hydrogen-bond donors (Lipinski definition) is 1. The van der Waals surface area contributed by atoms with Gasteiger partial charge >= 0.3 is 5.97 Å². The van der Waals surface area contributed by atoms with Crippen LogP contribution in [0.1, 0.15) is 16.8 Å². The highest BCUT2D eigenvalue weighted by molar-refractivity contribution is 7.13. The first-order chi connectivity index (χ1) is 12.7. The van der Waals surface area contributed by atoms with E-state index in [9.17, 15) is 9.59 Å². The number of esters is 1. The minimum absolute atomic E-state index is 0.0882. The van der Waals surface area contributed by atoms with Crippen LogP contribution in [0.2, 0.25) is 0 Å². The number of ether oxygens (including phenoxy) is 1. The Labute approximate surface area is 156 Å². The molecule has 1 amide bonds. The number of carbonyl (C=O) groups excluding carboxylic acids is 2. The van der Waals surface area contributed by atoms with Gasteiger partial charge < -0.3 is 15.0 Å². The lowest BCUT2D eigenvalue weighted by Crippen LogP contribution is -2.36. The van der Waals surface area contributed by atoms with Gasteiger partial charge in [0.2, 0.25) is 5.91 Å². The molecule has 1 aliphatic rings. The highest BCUT2D eigenvalue weighted by Crippen LogP contribution is 2.19. The number of nitrogens with one attached hydrogen (secondary N) is 1. The van der Waals surface area contributed by atoms with E-state index >= 15 is 0 Å². The summed E-state index contributed by atoms with van der Waals surface area (Å²) in [5.41, 5.74) is 1.01. The SMILES string of the molecule is COC(=O)c1cccc(NC(=O)CN2CCCN(c3nccs3)CC2)c1. The number of anilines is 2. The van der Waals surface area contributed by atoms with Gasteiger partial charge in [0.15, 0.2) is 5.13 Å². The zero-order valence-corrected chi connectivity index (χ0v) is 15.5. The normalized spacial score (nSPS) is 15.3. The van der Waals surface area contributed by atoms with Crippen LogP contribution in [0.25, 0.3) is 0 Å². The number of carbonyl (C=O) groups is 2. The van der Waals surface area contributed by atoms with Crippen LogP contribution in [0.15, 0.2) is 35.8 Å². The van der Waals surface area contributed by atoms with Crippen molar-refractivity contribution in [2.45, 2.75) is 6.42 Å². The van der Waals surface area contributed by atoms with Crippen molar-refractivity contribution in [3.63, 3.8) is 0 Å². The topological polar surface area (TPSA) is 74.8 Å². The molecule has 0 unspecified atom stereocenters. The largest absolute Gasteiger partial charge is 0.465 e. The third-order valence-electron chi connectivity index (χ3n) is 4.21. The molecule has 2 heterocycles. The molecule has 1 saturated heterocycles. The van der Waals surface area contributed by atoms with Crippen molar-refractivity contribution in [2.24, 2.45) is 0 Å². The molecule has 8 heteroatoms. The maximum absolute atomic E-state index is 12.4. The minimum atomic E-state index is -0.420. The third kappa shape index (κ3) is 4.80. The van der Waals surface area contributed by atoms with Gasteiger partial charge in [-0.2, -0.15) is 0 Å². The van der Waals surface area contributed by atoms with Crippen molar-refractivity contribution in [1.29, 1.82) is 0 Å². The molecule has 1 aliphatic heterocycles. The Kier molecular flexibility index (Phi) is 6.19. The van der Waals surface area contributed by atoms with Crippen molar-refractivity contribution in [3.05, 3.63) is 41.4 Å². The number of thiazole rings is 1. The Hall–Kier alpha value is -2.45. The van der Waals surface area contributed by atoms with Crippen LogP contribution in [0.3, 0.4) is 0 Å². The van der Waals surface area contributed by atoms with E-state index in [2.05, 4.69) is 20.1 Å². The Bertz CT molecular complexity index is 751. The monoisotopic (exact) mass is 374 g/mol. The van der Waals surface area contributed by atoms with E-state index in [4.69, 9.17) is 4.74 Å². The lowest BCUT2D eigenvalue weighted by atomic mass is 10.2. The fourth-order valence-corrected chi connectivity index (χ4v) is 3.63. The van der Waals surface area contributed by atoms with Crippen LogP contribution >= 0.6 is 11.3 Å². The smallest absolute Gasteiger partial charge is 0.337 e. The summed E-state index contributed by atoms with van der Waals surface area (Å²) in [6.45, 7) is 3.83. The number of benzene rings is 1. The van der Waals surface area contributed by atoms with E-state index in [1.807, 2.05) is 11.6 Å². The average Bonchev–Trinajstić information content (AvgIpc) is 3.09. The summed E-state index contributed by atoms with van der Waals surface area (Å²) in [5, 5.41) is 5.87. The van der Waals surface area contributed by atoms with Gasteiger partial charge in [-0.15, -0.1) is 11.3 Å². The summed E-state index contributed by atoms with van der Waals surface area (Å²) in [7, 11) is 1.34. The van der Waals surface area contributed by atoms with Crippen LogP contribution < -0.4 is 10.2 Å². The van der Waals surface area contributed by atoms with Gasteiger partial charge in [-0.3, -0.25) is 9.69 Å². The van der Waals surface area contributed by atoms with Gasteiger partial charge in [0, 0.05) is 43.4 Å². The van der Waals surface area contributed by atoms with Crippen LogP contribution in [0.4, 0.5) is 10.8 Å². The van der Waals surface area contributed by atoms with Gasteiger partial charge in [0.05, 0.1) is 19.2 Å². The van der Waals surface area contributed by atoms with Gasteiger partial charge in [0.25, 0.3) is 0 Å². The second kappa shape index (κ2) is 8.77. The standard InChI is InChI=1S/C18H22N4O3S/c1-25-17(24)14-4-2-5-15(12-14)20-16(23)13-21-7-3-8-22(10-9-21)18-19-6-11-26-18/h2,4-6,11-12H,3,7-10,13H2,1H3,(H,20,23). The lowest BCUT2D eigenvalue weighted by molar-refractivity contribution is -0.117. The maximum atomic E-state index is 12.4. The van der Waals surface area contributed by atoms with Crippen LogP contribution in [0, 0.1) is 0 Å². The number of methoxy groups -OCH3 is 1. The maximum Gasteiger partial charge on any atom is 0.337 e. The van der Waals surface area contributed by atoms with E-state index in [-0.39, 0.29) is 5.91 Å². The lowest BCUT2D eigenvalue weighted by Gasteiger charge is -2.21. The summed E-state index contributed by atoms with van der Waals surface area (Å²) in [4.78, 5) is 32.7. The predicted octanol–water partition coefficient (Wildman–Crippen LogP) is 2.08. The van der Waals surface area contributed by atoms with Crippen molar-refractivity contribution >= 4 is 34.0 Å². The zero-order valence-electron chi connectivity index (χ0n) is 14.7. The molecule has 138 valence electrons. The molecule has 1 aromatic carbocycles. The van der Waals surface area contributed by atoms with E-state index in [0.717, 1.165) is 37.7 Å². The molecule has 26 heavy (non-hydrogen) atoms. The van der Waals surface area contributed by atoms with Gasteiger partial charge in [-0.25, -0.2) is 9.78 Å². The quantitative estimate of drug-likeness (QED) is 0.808. The molecule has 0 saturated carbocycles. The van der Waals surface area contributed by atoms with Gasteiger partial charge in [-0.05, 0) is 24.6 Å². The molecule has 0 aliphatic carbocycles. The van der Waals surface area contributed by atoms with Crippen LogP contribution in [-0.2, 0) is 9.53 Å². The summed E-state index contributed by atoms with van der Waals surface area (Å²) >= 11 is 1.64. The van der Waals surface area contributed by atoms with Crippen molar-refractivity contribution < 1.29 is 14.3 Å². The molecule has 1 aromatic heterocycles. The second-order valence-corrected chi connectivity index (χ2v) is 6.93. The van der Waals surface area contributed by atoms with Crippen molar-refractivity contribution in [2.75, 3.05) is 50.1 Å². The molecule has 2 aromatic rings. The highest BCUT2D eigenvalue weighted by Gasteiger charge is 2.18. The minimum Gasteiger partial charge on any atom is -0.465 e. The first-order valence-electron chi connectivity index (χ1n) is 8.51. The molecular weight excluding hydrogens is 352 g/mol. The number of nitrogens with zero attached hydrogens (tertiary/aromatic N) is 3. The predicted molar refractivity (Wildman–Crippen MR) is 102 cm³/mol. The number of rotatable bonds is 5. The van der Waals surface area contributed by atoms with Gasteiger partial charge in [-0.1, -0.05) is 6.07 Å². The summed E-state index contributed by atoms with van der Waals surface area (Å²) < 4.78 is 4.70. The fourth-order valence-electron chi connectivity index (χ4n) is 2.94. The Morgan fingerprint density at radius 2 is 2.15 bits per heavy atom. The van der Waals surface area contributed by atoms with E-state index < -0.39 is 5.97 Å². The first kappa shape index (κ1) is 18.3. The second-order valence-electron chi connectivity index (χ2n) is 6.05. The number of hydrogen-bond acceptors (Lipinski definition) is 7. The Balaban J connectivity index is 1.53. The van der Waals surface area contributed by atoms with Crippen LogP contribution in [-0.4, -0.2) is 61.6 Å².